The molecule has 1 aromatic carbocycles. The Morgan fingerprint density at radius 1 is 1.32 bits per heavy atom. The molecule has 6 heteroatoms. The van der Waals surface area contributed by atoms with E-state index >= 15 is 0 Å². The third kappa shape index (κ3) is 3.94. The van der Waals surface area contributed by atoms with E-state index in [1.54, 1.807) is 25.3 Å². The maximum absolute atomic E-state index is 12.3. The van der Waals surface area contributed by atoms with Gasteiger partial charge in [0, 0.05) is 12.1 Å². The number of nitrogens with zero attached hydrogens (tertiary/aromatic N) is 2. The zero-order valence-corrected chi connectivity index (χ0v) is 13.0. The zero-order valence-electron chi connectivity index (χ0n) is 13.0. The smallest absolute Gasteiger partial charge is 0.274 e. The van der Waals surface area contributed by atoms with Gasteiger partial charge in [-0.3, -0.25) is 4.79 Å². The Labute approximate surface area is 129 Å². The molecule has 0 aliphatic heterocycles. The van der Waals surface area contributed by atoms with E-state index in [-0.39, 0.29) is 11.9 Å². The SMILES string of the molecule is CCC(C)Nc1cc(C(=O)Nc2ccccc2OC)ncn1. The summed E-state index contributed by atoms with van der Waals surface area (Å²) < 4.78 is 5.21. The standard InChI is InChI=1S/C16H20N4O2/c1-4-11(2)19-15-9-13(17-10-18-15)16(21)20-12-7-5-6-8-14(12)22-3/h5-11H,4H2,1-3H3,(H,20,21)(H,17,18,19). The van der Waals surface area contributed by atoms with Crippen molar-refractivity contribution in [1.29, 1.82) is 0 Å². The minimum atomic E-state index is -0.306. The topological polar surface area (TPSA) is 76.1 Å². The Hall–Kier alpha value is -2.63. The monoisotopic (exact) mass is 300 g/mol. The van der Waals surface area contributed by atoms with E-state index in [1.807, 2.05) is 12.1 Å². The highest BCUT2D eigenvalue weighted by Gasteiger charge is 2.12. The number of nitrogens with one attached hydrogen (secondary N) is 2. The van der Waals surface area contributed by atoms with E-state index in [0.717, 1.165) is 6.42 Å². The summed E-state index contributed by atoms with van der Waals surface area (Å²) >= 11 is 0. The van der Waals surface area contributed by atoms with Crippen molar-refractivity contribution in [2.45, 2.75) is 26.3 Å². The molecule has 0 saturated heterocycles. The van der Waals surface area contributed by atoms with Crippen molar-refractivity contribution < 1.29 is 9.53 Å². The van der Waals surface area contributed by atoms with Crippen LogP contribution in [0.4, 0.5) is 11.5 Å². The molecule has 22 heavy (non-hydrogen) atoms. The number of para-hydroxylation sites is 2. The van der Waals surface area contributed by atoms with E-state index in [4.69, 9.17) is 4.74 Å². The molecule has 0 fully saturated rings. The minimum absolute atomic E-state index is 0.278. The first-order valence-electron chi connectivity index (χ1n) is 7.17. The molecule has 1 unspecified atom stereocenters. The lowest BCUT2D eigenvalue weighted by atomic mass is 10.2. The number of carbonyl (C=O) groups is 1. The largest absolute Gasteiger partial charge is 0.495 e. The number of carbonyl (C=O) groups excluding carboxylic acids is 1. The Balaban J connectivity index is 2.14. The van der Waals surface area contributed by atoms with Gasteiger partial charge in [0.2, 0.25) is 0 Å². The van der Waals surface area contributed by atoms with Gasteiger partial charge in [-0.1, -0.05) is 19.1 Å². The quantitative estimate of drug-likeness (QED) is 0.857. The first-order valence-corrected chi connectivity index (χ1v) is 7.17. The van der Waals surface area contributed by atoms with Crippen molar-refractivity contribution >= 4 is 17.4 Å². The highest BCUT2D eigenvalue weighted by Crippen LogP contribution is 2.23. The van der Waals surface area contributed by atoms with E-state index in [9.17, 15) is 4.79 Å². The molecular formula is C16H20N4O2. The first kappa shape index (κ1) is 15.8. The average Bonchev–Trinajstić information content (AvgIpc) is 2.55. The molecule has 2 rings (SSSR count). The molecule has 0 saturated carbocycles. The van der Waals surface area contributed by atoms with Gasteiger partial charge in [-0.25, -0.2) is 9.97 Å². The number of ether oxygens (including phenoxy) is 1. The van der Waals surface area contributed by atoms with Crippen molar-refractivity contribution in [1.82, 2.24) is 9.97 Å². The van der Waals surface area contributed by atoms with Gasteiger partial charge in [0.25, 0.3) is 5.91 Å². The van der Waals surface area contributed by atoms with Gasteiger partial charge in [-0.05, 0) is 25.5 Å². The second-order valence-electron chi connectivity index (χ2n) is 4.90. The van der Waals surface area contributed by atoms with E-state index in [2.05, 4.69) is 34.4 Å². The van der Waals surface area contributed by atoms with Crippen LogP contribution in [0, 0.1) is 0 Å². The highest BCUT2D eigenvalue weighted by atomic mass is 16.5. The lowest BCUT2D eigenvalue weighted by Crippen LogP contribution is -2.18. The number of benzene rings is 1. The predicted molar refractivity (Wildman–Crippen MR) is 86.4 cm³/mol. The van der Waals surface area contributed by atoms with Gasteiger partial charge in [0.15, 0.2) is 0 Å². The Morgan fingerprint density at radius 3 is 2.82 bits per heavy atom. The van der Waals surface area contributed by atoms with E-state index < -0.39 is 0 Å². The number of amides is 1. The van der Waals surface area contributed by atoms with Gasteiger partial charge in [0.05, 0.1) is 12.8 Å². The molecule has 1 atom stereocenters. The maximum Gasteiger partial charge on any atom is 0.274 e. The van der Waals surface area contributed by atoms with Crippen LogP contribution >= 0.6 is 0 Å². The molecule has 0 aliphatic carbocycles. The normalized spacial score (nSPS) is 11.6. The summed E-state index contributed by atoms with van der Waals surface area (Å²) in [5, 5.41) is 6.01. The van der Waals surface area contributed by atoms with E-state index in [0.29, 0.717) is 22.9 Å². The van der Waals surface area contributed by atoms with Crippen LogP contribution < -0.4 is 15.4 Å². The summed E-state index contributed by atoms with van der Waals surface area (Å²) in [5.41, 5.74) is 0.900. The van der Waals surface area contributed by atoms with Crippen molar-refractivity contribution in [3.63, 3.8) is 0 Å². The summed E-state index contributed by atoms with van der Waals surface area (Å²) in [5.74, 6) is 0.927. The highest BCUT2D eigenvalue weighted by molar-refractivity contribution is 6.04. The molecule has 0 aliphatic rings. The molecule has 0 spiro atoms. The van der Waals surface area contributed by atoms with Gasteiger partial charge >= 0.3 is 0 Å². The molecule has 116 valence electrons. The molecule has 0 radical (unpaired) electrons. The number of aromatic nitrogens is 2. The lowest BCUT2D eigenvalue weighted by Gasteiger charge is -2.13. The number of rotatable bonds is 6. The zero-order chi connectivity index (χ0) is 15.9. The fourth-order valence-electron chi connectivity index (χ4n) is 1.85. The van der Waals surface area contributed by atoms with Crippen LogP contribution in [0.1, 0.15) is 30.8 Å². The number of hydrogen-bond donors (Lipinski definition) is 2. The van der Waals surface area contributed by atoms with Crippen LogP contribution in [0.15, 0.2) is 36.7 Å². The Morgan fingerprint density at radius 2 is 2.09 bits per heavy atom. The fourth-order valence-corrected chi connectivity index (χ4v) is 1.85. The molecular weight excluding hydrogens is 280 g/mol. The molecule has 2 N–H and O–H groups in total. The molecule has 1 heterocycles. The van der Waals surface area contributed by atoms with Crippen LogP contribution in [-0.4, -0.2) is 29.0 Å². The summed E-state index contributed by atoms with van der Waals surface area (Å²) in [6.45, 7) is 4.13. The molecule has 6 nitrogen and oxygen atoms in total. The number of hydrogen-bond acceptors (Lipinski definition) is 5. The minimum Gasteiger partial charge on any atom is -0.495 e. The molecule has 0 bridgehead atoms. The summed E-state index contributed by atoms with van der Waals surface area (Å²) in [7, 11) is 1.56. The van der Waals surface area contributed by atoms with Crippen LogP contribution in [0.2, 0.25) is 0 Å². The number of anilines is 2. The van der Waals surface area contributed by atoms with Crippen LogP contribution in [0.25, 0.3) is 0 Å². The van der Waals surface area contributed by atoms with Crippen LogP contribution in [0.5, 0.6) is 5.75 Å². The lowest BCUT2D eigenvalue weighted by molar-refractivity contribution is 0.102. The first-order chi connectivity index (χ1) is 10.6. The summed E-state index contributed by atoms with van der Waals surface area (Å²) in [6, 6.07) is 9.14. The van der Waals surface area contributed by atoms with Crippen LogP contribution in [-0.2, 0) is 0 Å². The van der Waals surface area contributed by atoms with Gasteiger partial charge in [-0.15, -0.1) is 0 Å². The summed E-state index contributed by atoms with van der Waals surface area (Å²) in [4.78, 5) is 20.4. The fraction of sp³-hybridized carbons (Fsp3) is 0.312. The summed E-state index contributed by atoms with van der Waals surface area (Å²) in [6.07, 6.45) is 2.34. The second-order valence-corrected chi connectivity index (χ2v) is 4.90. The Bertz CT molecular complexity index is 646. The molecule has 1 aromatic heterocycles. The van der Waals surface area contributed by atoms with Crippen molar-refractivity contribution in [3.8, 4) is 5.75 Å². The van der Waals surface area contributed by atoms with E-state index in [1.165, 1.54) is 6.33 Å². The van der Waals surface area contributed by atoms with Crippen molar-refractivity contribution in [2.24, 2.45) is 0 Å². The third-order valence-electron chi connectivity index (χ3n) is 3.26. The maximum atomic E-state index is 12.3. The predicted octanol–water partition coefficient (Wildman–Crippen LogP) is 2.95. The molecule has 1 amide bonds. The van der Waals surface area contributed by atoms with Gasteiger partial charge < -0.3 is 15.4 Å². The second kappa shape index (κ2) is 7.40. The average molecular weight is 300 g/mol. The Kier molecular flexibility index (Phi) is 5.30. The third-order valence-corrected chi connectivity index (χ3v) is 3.26. The van der Waals surface area contributed by atoms with Crippen molar-refractivity contribution in [2.75, 3.05) is 17.7 Å². The number of methoxy groups -OCH3 is 1. The molecule has 2 aromatic rings. The van der Waals surface area contributed by atoms with Gasteiger partial charge in [0.1, 0.15) is 23.6 Å². The van der Waals surface area contributed by atoms with Crippen molar-refractivity contribution in [3.05, 3.63) is 42.4 Å². The van der Waals surface area contributed by atoms with Gasteiger partial charge in [-0.2, -0.15) is 0 Å². The van der Waals surface area contributed by atoms with Crippen LogP contribution in [0.3, 0.4) is 0 Å².